The Bertz CT molecular complexity index is 4360. The molecule has 5 aliphatic heterocycles. The summed E-state index contributed by atoms with van der Waals surface area (Å²) in [5.41, 5.74) is 23.4. The Morgan fingerprint density at radius 3 is 1.07 bits per heavy atom. The maximum absolute atomic E-state index is 12.1. The number of aryl methyl sites for hydroxylation is 5. The molecule has 612 valence electrons. The van der Waals surface area contributed by atoms with Gasteiger partial charge < -0.3 is 73.5 Å². The van der Waals surface area contributed by atoms with Gasteiger partial charge in [-0.25, -0.2) is 14.4 Å². The molecule has 4 N–H and O–H groups in total. The fourth-order valence-corrected chi connectivity index (χ4v) is 12.3. The molecule has 10 rings (SSSR count). The molecular weight excluding hydrogens is 1500 g/mol. The minimum atomic E-state index is -0.536. The number of nitrogen functional groups attached to an aromatic ring is 2. The first-order valence-corrected chi connectivity index (χ1v) is 37.6. The van der Waals surface area contributed by atoms with Crippen LogP contribution in [-0.2, 0) is 23.5 Å². The Kier molecular flexibility index (Phi) is 33.3. The lowest BCUT2D eigenvalue weighted by Crippen LogP contribution is -2.41. The van der Waals surface area contributed by atoms with Crippen molar-refractivity contribution in [2.24, 2.45) is 0 Å². The number of methoxy groups -OCH3 is 4. The third-order valence-corrected chi connectivity index (χ3v) is 19.7. The highest BCUT2D eigenvalue weighted by molar-refractivity contribution is 6.54. The second kappa shape index (κ2) is 39.9. The molecule has 0 spiro atoms. The average molecular weight is 1620 g/mol. The lowest BCUT2D eigenvalue weighted by atomic mass is 9.75. The predicted octanol–water partition coefficient (Wildman–Crippen LogP) is 18.8. The fraction of sp³-hybridized carbons (Fsp3) is 0.494. The van der Waals surface area contributed by atoms with E-state index >= 15 is 0 Å². The second-order valence-electron chi connectivity index (χ2n) is 31.4. The van der Waals surface area contributed by atoms with Crippen LogP contribution in [0, 0.1) is 65.0 Å². The molecule has 3 amide bonds. The van der Waals surface area contributed by atoms with Crippen LogP contribution in [0.2, 0.25) is 15.1 Å². The molecule has 31 heteroatoms. The molecule has 0 aromatic heterocycles. The zero-order valence-corrected chi connectivity index (χ0v) is 71.2. The smallest absolute Gasteiger partial charge is 0.490 e. The highest BCUT2D eigenvalue weighted by Gasteiger charge is 2.52. The average Bonchev–Trinajstić information content (AvgIpc) is 1.60. The van der Waals surface area contributed by atoms with Gasteiger partial charge in [0.2, 0.25) is 0 Å². The van der Waals surface area contributed by atoms with E-state index in [1.807, 2.05) is 134 Å². The number of rotatable bonds is 11. The molecule has 5 heterocycles. The first kappa shape index (κ1) is 93.3. The number of nitrogens with two attached hydrogens (primary N) is 2. The Labute approximate surface area is 674 Å². The summed E-state index contributed by atoms with van der Waals surface area (Å²) in [5, 5.41) is 33.0. The number of carbonyl (C=O) groups is 3. The Balaban J connectivity index is 0.000000245. The molecule has 1 saturated heterocycles. The van der Waals surface area contributed by atoms with Gasteiger partial charge in [-0.1, -0.05) is 59.1 Å². The van der Waals surface area contributed by atoms with Crippen molar-refractivity contribution < 1.29 is 71.6 Å². The number of anilines is 2. The normalized spacial score (nSPS) is 15.9. The van der Waals surface area contributed by atoms with Gasteiger partial charge in [-0.15, -0.1) is 0 Å². The van der Waals surface area contributed by atoms with Crippen molar-refractivity contribution in [2.75, 3.05) is 99.3 Å². The molecule has 0 radical (unpaired) electrons. The highest BCUT2D eigenvalue weighted by atomic mass is 35.5. The van der Waals surface area contributed by atoms with Crippen LogP contribution in [0.5, 0.6) is 23.0 Å². The van der Waals surface area contributed by atoms with Crippen molar-refractivity contribution in [3.8, 4) is 23.0 Å². The number of benzene rings is 5. The Morgan fingerprint density at radius 1 is 0.438 bits per heavy atom. The second-order valence-corrected chi connectivity index (χ2v) is 32.6. The minimum Gasteiger partial charge on any atom is -0.495 e. The molecule has 112 heavy (non-hydrogen) atoms. The van der Waals surface area contributed by atoms with Crippen molar-refractivity contribution in [1.82, 2.24) is 19.6 Å². The first-order chi connectivity index (χ1) is 51.9. The van der Waals surface area contributed by atoms with Crippen molar-refractivity contribution in [3.63, 3.8) is 0 Å². The molecule has 5 aliphatic rings. The number of nitrogens with zero attached hydrogens (tertiary/aromatic N) is 7. The summed E-state index contributed by atoms with van der Waals surface area (Å²) in [6, 6.07) is 16.7. The van der Waals surface area contributed by atoms with Gasteiger partial charge in [0.15, 0.2) is 11.5 Å². The maximum Gasteiger partial charge on any atom is 0.490 e. The number of hydrogen-bond acceptors (Lipinski definition) is 21. The lowest BCUT2D eigenvalue weighted by Gasteiger charge is -2.32. The SMILES string of the molecule is CC(C)(C)OC(=O)N1CC=C(B2OC(C)(C)C(C)(C)O2)CC1.COc1cc(C2=CCN(C(=O)OC(C)(C)C)CC2)c(C)cc1N.COc1cc(C2=CCN(C(=O)OC(C)(C)C)CC2)c(C)cc1[N+](=O)[O-].COc1cc(C2=CCN(C)CC2)c(C)cc1N.COc1cc(Cl)c(C)cc1[N+](=O)[O-].Cc1cc([N+](=O)[O-])c(Cl)cc1Cl. The number of hydrogen-bond donors (Lipinski definition) is 2. The maximum atomic E-state index is 12.1. The van der Waals surface area contributed by atoms with Crippen LogP contribution in [0.4, 0.5) is 42.8 Å². The highest BCUT2D eigenvalue weighted by Crippen LogP contribution is 2.42. The molecule has 1 fully saturated rings. The molecule has 0 bridgehead atoms. The summed E-state index contributed by atoms with van der Waals surface area (Å²) in [5.74, 6) is 1.87. The lowest BCUT2D eigenvalue weighted by molar-refractivity contribution is -0.385. The summed E-state index contributed by atoms with van der Waals surface area (Å²) in [6.45, 7) is 39.8. The van der Waals surface area contributed by atoms with Crippen LogP contribution in [0.3, 0.4) is 0 Å². The summed E-state index contributed by atoms with van der Waals surface area (Å²) < 4.78 is 48.9. The van der Waals surface area contributed by atoms with E-state index in [4.69, 9.17) is 88.7 Å². The quantitative estimate of drug-likeness (QED) is 0.0408. The van der Waals surface area contributed by atoms with Crippen LogP contribution < -0.4 is 30.4 Å². The van der Waals surface area contributed by atoms with E-state index in [1.54, 1.807) is 48.8 Å². The van der Waals surface area contributed by atoms with Crippen molar-refractivity contribution in [3.05, 3.63) is 180 Å². The van der Waals surface area contributed by atoms with Gasteiger partial charge in [0.25, 0.3) is 5.69 Å². The molecule has 0 aliphatic carbocycles. The zero-order chi connectivity index (χ0) is 84.5. The van der Waals surface area contributed by atoms with Crippen molar-refractivity contribution in [1.29, 1.82) is 0 Å². The van der Waals surface area contributed by atoms with Gasteiger partial charge in [-0.3, -0.25) is 30.3 Å². The van der Waals surface area contributed by atoms with E-state index < -0.39 is 31.6 Å². The molecular formula is C81H111BCl3N9O18. The van der Waals surface area contributed by atoms with Crippen LogP contribution in [0.25, 0.3) is 16.7 Å². The van der Waals surface area contributed by atoms with Gasteiger partial charge in [0.05, 0.1) is 65.8 Å². The molecule has 0 atom stereocenters. The third-order valence-electron chi connectivity index (χ3n) is 18.6. The van der Waals surface area contributed by atoms with E-state index in [0.717, 1.165) is 71.4 Å². The fourth-order valence-electron chi connectivity index (χ4n) is 11.7. The number of halogens is 3. The van der Waals surface area contributed by atoms with Crippen LogP contribution >= 0.6 is 34.8 Å². The molecule has 27 nitrogen and oxygen atoms in total. The Hall–Kier alpha value is -9.32. The number of carbonyl (C=O) groups excluding carboxylic acids is 3. The standard InChI is InChI=1S/C18H24N2O5.C18H26N2O3.C16H28BNO4.C14H20N2O.C8H8ClNO3.C7H5Cl2NO2/c1-12-10-15(20(22)23)16(24-5)11-14(12)13-6-8-19(9-7-13)17(21)25-18(2,3)4;1-12-10-15(19)16(22-5)11-14(12)13-6-8-20(9-7-13)17(21)23-18(2,3)4;1-14(2,3)20-13(19)18-10-8-12(9-11-18)17-21-15(4,5)16(6,7)22-17;1-10-8-13(15)14(17-3)9-12(10)11-4-6-16(2)7-5-11;1-5-3-7(10(11)12)8(13-2)4-6(5)9;1-4-2-7(10(11)12)6(9)3-5(4)8/h6,10-11H,7-9H2,1-5H3;6,10-11H,7-9,19H2,1-5H3;8H,9-11H2,1-7H3;4,8-9H,5-7,15H2,1-3H3;3-4H,1-2H3;2-3H,1H3. The third kappa shape index (κ3) is 26.9. The zero-order valence-electron chi connectivity index (χ0n) is 68.9. The van der Waals surface area contributed by atoms with E-state index in [-0.39, 0.29) is 70.2 Å². The number of nitro groups is 3. The molecule has 0 unspecified atom stereocenters. The number of nitro benzene ring substituents is 3. The van der Waals surface area contributed by atoms with Gasteiger partial charge in [0, 0.05) is 86.7 Å². The topological polar surface area (TPSA) is 329 Å². The summed E-state index contributed by atoms with van der Waals surface area (Å²) in [6.07, 6.45) is 10.8. The van der Waals surface area contributed by atoms with Crippen molar-refractivity contribution >= 4 is 105 Å². The van der Waals surface area contributed by atoms with E-state index in [9.17, 15) is 44.7 Å². The van der Waals surface area contributed by atoms with Crippen molar-refractivity contribution in [2.45, 2.75) is 178 Å². The summed E-state index contributed by atoms with van der Waals surface area (Å²) in [7, 11) is 7.89. The van der Waals surface area contributed by atoms with Gasteiger partial charge >= 0.3 is 36.8 Å². The molecule has 5 aromatic carbocycles. The van der Waals surface area contributed by atoms with Crippen LogP contribution in [-0.4, -0.2) is 176 Å². The van der Waals surface area contributed by atoms with E-state index in [0.29, 0.717) is 84.0 Å². The first-order valence-electron chi connectivity index (χ1n) is 36.5. The molecule has 5 aromatic rings. The molecule has 0 saturated carbocycles. The Morgan fingerprint density at radius 2 is 0.750 bits per heavy atom. The summed E-state index contributed by atoms with van der Waals surface area (Å²) >= 11 is 17.0. The number of amides is 3. The van der Waals surface area contributed by atoms with Crippen LogP contribution in [0.1, 0.15) is 160 Å². The predicted molar refractivity (Wildman–Crippen MR) is 443 cm³/mol. The summed E-state index contributed by atoms with van der Waals surface area (Å²) in [4.78, 5) is 74.2. The minimum absolute atomic E-state index is 0.0458. The van der Waals surface area contributed by atoms with Gasteiger partial charge in [-0.2, -0.15) is 0 Å². The monoisotopic (exact) mass is 1610 g/mol. The number of likely N-dealkylation sites (N-methyl/N-ethyl adjacent to an activating group) is 1. The van der Waals surface area contributed by atoms with E-state index in [2.05, 4.69) is 37.1 Å². The van der Waals surface area contributed by atoms with Gasteiger partial charge in [-0.05, 0) is 260 Å². The van der Waals surface area contributed by atoms with Crippen LogP contribution in [0.15, 0.2) is 90.4 Å². The number of ether oxygens (including phenoxy) is 7. The largest absolute Gasteiger partial charge is 0.495 e. The van der Waals surface area contributed by atoms with E-state index in [1.165, 1.54) is 66.8 Å². The van der Waals surface area contributed by atoms with Gasteiger partial charge in [0.1, 0.15) is 33.3 Å².